The topological polar surface area (TPSA) is 68.5 Å². The Morgan fingerprint density at radius 2 is 2.26 bits per heavy atom. The summed E-state index contributed by atoms with van der Waals surface area (Å²) in [7, 11) is 0. The SMILES string of the molecule is C[C@@H](NC(=O)COC(=O)c1ccco1)c1cccs1. The second-order valence-electron chi connectivity index (χ2n) is 3.86. The number of carbonyl (C=O) groups excluding carboxylic acids is 2. The van der Waals surface area contributed by atoms with E-state index >= 15 is 0 Å². The Labute approximate surface area is 114 Å². The first-order valence-corrected chi connectivity index (χ1v) is 6.58. The molecule has 0 saturated heterocycles. The molecule has 0 aliphatic rings. The predicted octanol–water partition coefficient (Wildman–Crippen LogP) is 2.38. The maximum atomic E-state index is 11.6. The molecule has 0 fully saturated rings. The standard InChI is InChI=1S/C13H13NO4S/c1-9(11-5-3-7-19-11)14-12(15)8-18-13(16)10-4-2-6-17-10/h2-7,9H,8H2,1H3,(H,14,15)/t9-/m1/s1. The van der Waals surface area contributed by atoms with Crippen LogP contribution >= 0.6 is 11.3 Å². The minimum absolute atomic E-state index is 0.0825. The quantitative estimate of drug-likeness (QED) is 0.853. The van der Waals surface area contributed by atoms with Crippen molar-refractivity contribution in [3.63, 3.8) is 0 Å². The number of thiophene rings is 1. The van der Waals surface area contributed by atoms with Crippen LogP contribution in [0.3, 0.4) is 0 Å². The van der Waals surface area contributed by atoms with Gasteiger partial charge < -0.3 is 14.5 Å². The Morgan fingerprint density at radius 3 is 2.89 bits per heavy atom. The summed E-state index contributed by atoms with van der Waals surface area (Å²) in [6.45, 7) is 1.55. The molecule has 5 nitrogen and oxygen atoms in total. The molecule has 0 radical (unpaired) electrons. The van der Waals surface area contributed by atoms with Crippen molar-refractivity contribution in [3.05, 3.63) is 46.5 Å². The van der Waals surface area contributed by atoms with Gasteiger partial charge in [-0.05, 0) is 30.5 Å². The lowest BCUT2D eigenvalue weighted by atomic mass is 10.3. The summed E-state index contributed by atoms with van der Waals surface area (Å²) in [5, 5.41) is 4.69. The van der Waals surface area contributed by atoms with Gasteiger partial charge in [-0.3, -0.25) is 4.79 Å². The maximum Gasteiger partial charge on any atom is 0.374 e. The monoisotopic (exact) mass is 279 g/mol. The van der Waals surface area contributed by atoms with Gasteiger partial charge >= 0.3 is 5.97 Å². The number of ether oxygens (including phenoxy) is 1. The second-order valence-corrected chi connectivity index (χ2v) is 4.84. The highest BCUT2D eigenvalue weighted by Crippen LogP contribution is 2.17. The van der Waals surface area contributed by atoms with Crippen LogP contribution in [0, 0.1) is 0 Å². The molecule has 0 aliphatic carbocycles. The van der Waals surface area contributed by atoms with Crippen LogP contribution < -0.4 is 5.32 Å². The number of rotatable bonds is 5. The van der Waals surface area contributed by atoms with E-state index in [1.807, 2.05) is 24.4 Å². The molecule has 0 bridgehead atoms. The molecule has 100 valence electrons. The molecule has 1 amide bonds. The van der Waals surface area contributed by atoms with Gasteiger partial charge in [-0.25, -0.2) is 4.79 Å². The Kier molecular flexibility index (Phi) is 4.35. The van der Waals surface area contributed by atoms with Crippen LogP contribution in [0.15, 0.2) is 40.3 Å². The van der Waals surface area contributed by atoms with Crippen molar-refractivity contribution in [1.29, 1.82) is 0 Å². The zero-order chi connectivity index (χ0) is 13.7. The number of furan rings is 1. The van der Waals surface area contributed by atoms with Crippen molar-refractivity contribution in [2.24, 2.45) is 0 Å². The van der Waals surface area contributed by atoms with E-state index in [-0.39, 0.29) is 24.3 Å². The summed E-state index contributed by atoms with van der Waals surface area (Å²) >= 11 is 1.56. The molecule has 6 heteroatoms. The van der Waals surface area contributed by atoms with Crippen molar-refractivity contribution >= 4 is 23.2 Å². The zero-order valence-corrected chi connectivity index (χ0v) is 11.1. The lowest BCUT2D eigenvalue weighted by Gasteiger charge is -2.11. The summed E-state index contributed by atoms with van der Waals surface area (Å²) < 4.78 is 9.69. The van der Waals surface area contributed by atoms with Gasteiger partial charge in [0.15, 0.2) is 6.61 Å². The molecule has 2 aromatic heterocycles. The molecule has 1 N–H and O–H groups in total. The molecule has 2 aromatic rings. The Balaban J connectivity index is 1.77. The number of nitrogens with one attached hydrogen (secondary N) is 1. The van der Waals surface area contributed by atoms with Crippen LogP contribution in [-0.4, -0.2) is 18.5 Å². The van der Waals surface area contributed by atoms with Crippen LogP contribution in [0.4, 0.5) is 0 Å². The fraction of sp³-hybridized carbons (Fsp3) is 0.231. The van der Waals surface area contributed by atoms with Gasteiger partial charge in [-0.15, -0.1) is 11.3 Å². The molecule has 0 aromatic carbocycles. The summed E-state index contributed by atoms with van der Waals surface area (Å²) in [5.74, 6) is -0.913. The van der Waals surface area contributed by atoms with E-state index in [1.165, 1.54) is 12.3 Å². The number of amides is 1. The highest BCUT2D eigenvalue weighted by molar-refractivity contribution is 7.10. The first-order valence-electron chi connectivity index (χ1n) is 5.70. The molecule has 19 heavy (non-hydrogen) atoms. The minimum atomic E-state index is -0.649. The largest absolute Gasteiger partial charge is 0.457 e. The van der Waals surface area contributed by atoms with E-state index < -0.39 is 5.97 Å². The van der Waals surface area contributed by atoms with Crippen LogP contribution in [-0.2, 0) is 9.53 Å². The lowest BCUT2D eigenvalue weighted by molar-refractivity contribution is -0.124. The van der Waals surface area contributed by atoms with E-state index in [2.05, 4.69) is 5.32 Å². The van der Waals surface area contributed by atoms with E-state index in [9.17, 15) is 9.59 Å². The van der Waals surface area contributed by atoms with E-state index in [1.54, 1.807) is 17.4 Å². The van der Waals surface area contributed by atoms with Gasteiger partial charge in [0.25, 0.3) is 5.91 Å². The molecule has 2 heterocycles. The first kappa shape index (κ1) is 13.4. The van der Waals surface area contributed by atoms with Crippen molar-refractivity contribution < 1.29 is 18.7 Å². The molecular weight excluding hydrogens is 266 g/mol. The van der Waals surface area contributed by atoms with Gasteiger partial charge in [0, 0.05) is 4.88 Å². The third-order valence-electron chi connectivity index (χ3n) is 2.40. The summed E-state index contributed by atoms with van der Waals surface area (Å²) in [6.07, 6.45) is 1.37. The molecule has 0 unspecified atom stereocenters. The zero-order valence-electron chi connectivity index (χ0n) is 10.3. The Bertz CT molecular complexity index is 533. The average Bonchev–Trinajstić information content (AvgIpc) is 3.07. The van der Waals surface area contributed by atoms with Crippen molar-refractivity contribution in [3.8, 4) is 0 Å². The van der Waals surface area contributed by atoms with E-state index in [4.69, 9.17) is 9.15 Å². The number of hydrogen-bond donors (Lipinski definition) is 1. The summed E-state index contributed by atoms with van der Waals surface area (Å²) in [5.41, 5.74) is 0. The fourth-order valence-electron chi connectivity index (χ4n) is 1.49. The summed E-state index contributed by atoms with van der Waals surface area (Å²) in [6, 6.07) is 6.81. The lowest BCUT2D eigenvalue weighted by Crippen LogP contribution is -2.30. The number of esters is 1. The minimum Gasteiger partial charge on any atom is -0.457 e. The van der Waals surface area contributed by atoms with Crippen molar-refractivity contribution in [2.75, 3.05) is 6.61 Å². The fourth-order valence-corrected chi connectivity index (χ4v) is 2.22. The van der Waals surface area contributed by atoms with Crippen molar-refractivity contribution in [1.82, 2.24) is 5.32 Å². The Morgan fingerprint density at radius 1 is 1.42 bits per heavy atom. The molecular formula is C13H13NO4S. The number of hydrogen-bond acceptors (Lipinski definition) is 5. The smallest absolute Gasteiger partial charge is 0.374 e. The molecule has 0 spiro atoms. The second kappa shape index (κ2) is 6.19. The first-order chi connectivity index (χ1) is 9.16. The van der Waals surface area contributed by atoms with Crippen LogP contribution in [0.5, 0.6) is 0 Å². The van der Waals surface area contributed by atoms with Gasteiger partial charge in [-0.1, -0.05) is 6.07 Å². The van der Waals surface area contributed by atoms with Gasteiger partial charge in [-0.2, -0.15) is 0 Å². The molecule has 0 aliphatic heterocycles. The highest BCUT2D eigenvalue weighted by atomic mass is 32.1. The Hall–Kier alpha value is -2.08. The molecule has 0 saturated carbocycles. The molecule has 1 atom stereocenters. The third kappa shape index (κ3) is 3.69. The van der Waals surface area contributed by atoms with Crippen LogP contribution in [0.1, 0.15) is 28.4 Å². The van der Waals surface area contributed by atoms with Gasteiger partial charge in [0.1, 0.15) is 0 Å². The van der Waals surface area contributed by atoms with Crippen molar-refractivity contribution in [2.45, 2.75) is 13.0 Å². The molecule has 2 rings (SSSR count). The highest BCUT2D eigenvalue weighted by Gasteiger charge is 2.14. The van der Waals surface area contributed by atoms with Crippen LogP contribution in [0.2, 0.25) is 0 Å². The van der Waals surface area contributed by atoms with Gasteiger partial charge in [0.05, 0.1) is 12.3 Å². The van der Waals surface area contributed by atoms with Crippen LogP contribution in [0.25, 0.3) is 0 Å². The predicted molar refractivity (Wildman–Crippen MR) is 69.9 cm³/mol. The average molecular weight is 279 g/mol. The van der Waals surface area contributed by atoms with Gasteiger partial charge in [0.2, 0.25) is 5.76 Å². The normalized spacial score (nSPS) is 11.8. The van der Waals surface area contributed by atoms with E-state index in [0.29, 0.717) is 0 Å². The third-order valence-corrected chi connectivity index (χ3v) is 3.46. The maximum absolute atomic E-state index is 11.6. The summed E-state index contributed by atoms with van der Waals surface area (Å²) in [4.78, 5) is 24.1. The number of carbonyl (C=O) groups is 2. The van der Waals surface area contributed by atoms with E-state index in [0.717, 1.165) is 4.88 Å².